The van der Waals surface area contributed by atoms with Crippen molar-refractivity contribution in [3.05, 3.63) is 11.6 Å². The fourth-order valence-electron chi connectivity index (χ4n) is 1.21. The van der Waals surface area contributed by atoms with Crippen LogP contribution in [0.4, 0.5) is 0 Å². The zero-order valence-electron chi connectivity index (χ0n) is 9.53. The average molecular weight is 232 g/mol. The van der Waals surface area contributed by atoms with E-state index in [0.29, 0.717) is 0 Å². The predicted octanol–water partition coefficient (Wildman–Crippen LogP) is 1.62. The van der Waals surface area contributed by atoms with Crippen molar-refractivity contribution in [2.75, 3.05) is 0 Å². The standard InChI is InChI=1S/C11H18O4.H2O/c1-2-3-4-5-6-9(11(14)15)7-8-10(12)13;/h6H,2-5,7-8H2,1H3,(H,12,13)(H,14,15);1H2. The Balaban J connectivity index is 0. The van der Waals surface area contributed by atoms with Gasteiger partial charge in [0.25, 0.3) is 0 Å². The fraction of sp³-hybridized carbons (Fsp3) is 0.636. The first-order chi connectivity index (χ1) is 7.07. The molecule has 0 fully saturated rings. The van der Waals surface area contributed by atoms with E-state index in [2.05, 4.69) is 6.92 Å². The van der Waals surface area contributed by atoms with Crippen LogP contribution in [0.15, 0.2) is 11.6 Å². The summed E-state index contributed by atoms with van der Waals surface area (Å²) in [7, 11) is 0. The van der Waals surface area contributed by atoms with Crippen LogP contribution in [0.2, 0.25) is 0 Å². The zero-order valence-corrected chi connectivity index (χ0v) is 9.53. The molecule has 4 N–H and O–H groups in total. The third-order valence-corrected chi connectivity index (χ3v) is 2.08. The second-order valence-electron chi connectivity index (χ2n) is 3.42. The number of allylic oxidation sites excluding steroid dienone is 1. The Hall–Kier alpha value is -1.36. The van der Waals surface area contributed by atoms with Crippen LogP contribution in [0.3, 0.4) is 0 Å². The Bertz CT molecular complexity index is 245. The first kappa shape index (κ1) is 17.0. The van der Waals surface area contributed by atoms with Gasteiger partial charge in [-0.15, -0.1) is 0 Å². The maximum absolute atomic E-state index is 10.7. The molecule has 5 heteroatoms. The van der Waals surface area contributed by atoms with Crippen molar-refractivity contribution < 1.29 is 25.3 Å². The molecule has 5 nitrogen and oxygen atoms in total. The Kier molecular flexibility index (Phi) is 10.8. The van der Waals surface area contributed by atoms with Gasteiger partial charge in [-0.25, -0.2) is 4.79 Å². The third-order valence-electron chi connectivity index (χ3n) is 2.08. The predicted molar refractivity (Wildman–Crippen MR) is 60.3 cm³/mol. The summed E-state index contributed by atoms with van der Waals surface area (Å²) >= 11 is 0. The minimum atomic E-state index is -1.01. The van der Waals surface area contributed by atoms with Gasteiger partial charge in [-0.05, 0) is 19.3 Å². The number of hydrogen-bond donors (Lipinski definition) is 2. The lowest BCUT2D eigenvalue weighted by Gasteiger charge is -2.00. The van der Waals surface area contributed by atoms with E-state index in [1.807, 2.05) is 0 Å². The summed E-state index contributed by atoms with van der Waals surface area (Å²) in [4.78, 5) is 21.0. The molecular formula is C11H20O5. The van der Waals surface area contributed by atoms with Gasteiger partial charge in [0.1, 0.15) is 0 Å². The van der Waals surface area contributed by atoms with E-state index in [4.69, 9.17) is 10.2 Å². The minimum Gasteiger partial charge on any atom is -0.481 e. The van der Waals surface area contributed by atoms with Crippen molar-refractivity contribution in [1.29, 1.82) is 0 Å². The smallest absolute Gasteiger partial charge is 0.331 e. The first-order valence-corrected chi connectivity index (χ1v) is 5.22. The van der Waals surface area contributed by atoms with Crippen LogP contribution in [0.5, 0.6) is 0 Å². The Morgan fingerprint density at radius 2 is 1.75 bits per heavy atom. The highest BCUT2D eigenvalue weighted by molar-refractivity contribution is 5.87. The second-order valence-corrected chi connectivity index (χ2v) is 3.42. The highest BCUT2D eigenvalue weighted by atomic mass is 16.4. The molecule has 0 aromatic carbocycles. The highest BCUT2D eigenvalue weighted by Crippen LogP contribution is 2.09. The van der Waals surface area contributed by atoms with Crippen LogP contribution in [-0.4, -0.2) is 27.6 Å². The molecule has 0 unspecified atom stereocenters. The lowest BCUT2D eigenvalue weighted by atomic mass is 10.1. The van der Waals surface area contributed by atoms with Gasteiger partial charge in [0.15, 0.2) is 0 Å². The summed E-state index contributed by atoms with van der Waals surface area (Å²) in [5, 5.41) is 17.2. The van der Waals surface area contributed by atoms with E-state index in [1.54, 1.807) is 6.08 Å². The van der Waals surface area contributed by atoms with Gasteiger partial charge < -0.3 is 15.7 Å². The summed E-state index contributed by atoms with van der Waals surface area (Å²) in [6.07, 6.45) is 5.47. The van der Waals surface area contributed by atoms with E-state index < -0.39 is 11.9 Å². The third kappa shape index (κ3) is 9.21. The quantitative estimate of drug-likeness (QED) is 0.489. The maximum atomic E-state index is 10.7. The molecule has 94 valence electrons. The van der Waals surface area contributed by atoms with Gasteiger partial charge in [-0.2, -0.15) is 0 Å². The molecule has 0 radical (unpaired) electrons. The molecule has 0 saturated heterocycles. The van der Waals surface area contributed by atoms with Crippen molar-refractivity contribution in [2.24, 2.45) is 0 Å². The topological polar surface area (TPSA) is 106 Å². The van der Waals surface area contributed by atoms with Gasteiger partial charge >= 0.3 is 11.9 Å². The molecule has 0 spiro atoms. The van der Waals surface area contributed by atoms with Gasteiger partial charge in [0, 0.05) is 12.0 Å². The zero-order chi connectivity index (χ0) is 11.7. The van der Waals surface area contributed by atoms with Crippen LogP contribution >= 0.6 is 0 Å². The van der Waals surface area contributed by atoms with Crippen LogP contribution in [-0.2, 0) is 9.59 Å². The molecule has 0 saturated carbocycles. The van der Waals surface area contributed by atoms with E-state index in [0.717, 1.165) is 25.7 Å². The lowest BCUT2D eigenvalue weighted by Crippen LogP contribution is -2.04. The van der Waals surface area contributed by atoms with Gasteiger partial charge in [-0.3, -0.25) is 4.79 Å². The second kappa shape index (κ2) is 10.2. The fourth-order valence-corrected chi connectivity index (χ4v) is 1.21. The summed E-state index contributed by atoms with van der Waals surface area (Å²) < 4.78 is 0. The average Bonchev–Trinajstić information content (AvgIpc) is 2.15. The number of rotatable bonds is 8. The molecule has 0 aliphatic carbocycles. The van der Waals surface area contributed by atoms with Crippen LogP contribution in [0, 0.1) is 0 Å². The van der Waals surface area contributed by atoms with Crippen molar-refractivity contribution in [3.63, 3.8) is 0 Å². The summed E-state index contributed by atoms with van der Waals surface area (Å²) in [5.41, 5.74) is 0.216. The molecule has 0 amide bonds. The number of unbranched alkanes of at least 4 members (excludes halogenated alkanes) is 3. The molecular weight excluding hydrogens is 212 g/mol. The van der Waals surface area contributed by atoms with Crippen molar-refractivity contribution >= 4 is 11.9 Å². The SMILES string of the molecule is CCCCCC=C(CCC(=O)O)C(=O)O.O. The van der Waals surface area contributed by atoms with E-state index in [9.17, 15) is 9.59 Å². The van der Waals surface area contributed by atoms with E-state index in [-0.39, 0.29) is 23.9 Å². The molecule has 0 bridgehead atoms. The minimum absolute atomic E-state index is 0. The van der Waals surface area contributed by atoms with E-state index >= 15 is 0 Å². The highest BCUT2D eigenvalue weighted by Gasteiger charge is 2.08. The number of carboxylic acid groups (broad SMARTS) is 2. The van der Waals surface area contributed by atoms with E-state index in [1.165, 1.54) is 0 Å². The number of carboxylic acids is 2. The van der Waals surface area contributed by atoms with Gasteiger partial charge in [0.2, 0.25) is 0 Å². The van der Waals surface area contributed by atoms with Crippen molar-refractivity contribution in [3.8, 4) is 0 Å². The molecule has 16 heavy (non-hydrogen) atoms. The molecule has 0 rings (SSSR count). The number of aliphatic carboxylic acids is 2. The Labute approximate surface area is 95.1 Å². The molecule has 0 aliphatic heterocycles. The van der Waals surface area contributed by atoms with Crippen LogP contribution in [0.1, 0.15) is 45.4 Å². The molecule has 0 heterocycles. The molecule has 0 atom stereocenters. The van der Waals surface area contributed by atoms with Gasteiger partial charge in [0.05, 0.1) is 0 Å². The largest absolute Gasteiger partial charge is 0.481 e. The summed E-state index contributed by atoms with van der Waals surface area (Å²) in [5.74, 6) is -1.97. The summed E-state index contributed by atoms with van der Waals surface area (Å²) in [6.45, 7) is 2.08. The normalized spacial score (nSPS) is 10.7. The van der Waals surface area contributed by atoms with Gasteiger partial charge in [-0.1, -0.05) is 25.8 Å². The number of carbonyl (C=O) groups is 2. The summed E-state index contributed by atoms with van der Waals surface area (Å²) in [6, 6.07) is 0. The van der Waals surface area contributed by atoms with Crippen LogP contribution in [0.25, 0.3) is 0 Å². The monoisotopic (exact) mass is 232 g/mol. The molecule has 0 aromatic rings. The lowest BCUT2D eigenvalue weighted by molar-refractivity contribution is -0.137. The maximum Gasteiger partial charge on any atom is 0.331 e. The molecule has 0 aromatic heterocycles. The Morgan fingerprint density at radius 1 is 1.12 bits per heavy atom. The number of hydrogen-bond acceptors (Lipinski definition) is 2. The van der Waals surface area contributed by atoms with Crippen molar-refractivity contribution in [2.45, 2.75) is 45.4 Å². The first-order valence-electron chi connectivity index (χ1n) is 5.22. The Morgan fingerprint density at radius 3 is 2.19 bits per heavy atom. The van der Waals surface area contributed by atoms with Crippen molar-refractivity contribution in [1.82, 2.24) is 0 Å². The molecule has 0 aliphatic rings. The van der Waals surface area contributed by atoms with Crippen LogP contribution < -0.4 is 0 Å².